The molecule has 1 N–H and O–H groups in total. The van der Waals surface area contributed by atoms with Gasteiger partial charge in [0.1, 0.15) is 17.9 Å². The average molecular weight is 344 g/mol. The van der Waals surface area contributed by atoms with E-state index in [1.807, 2.05) is 72.9 Å². The van der Waals surface area contributed by atoms with E-state index >= 15 is 0 Å². The number of hydrogen-bond acceptors (Lipinski definition) is 4. The molecular formula is C20H16N4O2. The molecule has 2 aromatic heterocycles. The van der Waals surface area contributed by atoms with E-state index in [2.05, 4.69) is 15.3 Å². The quantitative estimate of drug-likeness (QED) is 0.561. The minimum atomic E-state index is -0.438. The molecule has 0 radical (unpaired) electrons. The van der Waals surface area contributed by atoms with E-state index < -0.39 is 5.97 Å². The molecule has 0 spiro atoms. The van der Waals surface area contributed by atoms with Crippen LogP contribution in [-0.2, 0) is 11.3 Å². The average Bonchev–Trinajstić information content (AvgIpc) is 3.37. The van der Waals surface area contributed by atoms with E-state index in [9.17, 15) is 4.79 Å². The number of carbonyl (C=O) groups excluding carboxylic acids is 1. The SMILES string of the molecule is O=C(OCc1ccn(-c2ccccc2)n1)c1cn[nH]c1-c1ccccc1. The first-order valence-corrected chi connectivity index (χ1v) is 8.17. The van der Waals surface area contributed by atoms with Gasteiger partial charge in [-0.15, -0.1) is 0 Å². The lowest BCUT2D eigenvalue weighted by molar-refractivity contribution is 0.0468. The van der Waals surface area contributed by atoms with Crippen LogP contribution < -0.4 is 0 Å². The number of aromatic nitrogens is 4. The Labute approximate surface area is 150 Å². The van der Waals surface area contributed by atoms with E-state index in [0.717, 1.165) is 11.3 Å². The molecule has 6 nitrogen and oxygen atoms in total. The molecule has 4 aromatic rings. The Bertz CT molecular complexity index is 1010. The van der Waals surface area contributed by atoms with Crippen molar-refractivity contribution in [2.75, 3.05) is 0 Å². The predicted octanol–water partition coefficient (Wildman–Crippen LogP) is 3.62. The number of nitrogens with one attached hydrogen (secondary N) is 1. The van der Waals surface area contributed by atoms with Gasteiger partial charge in [0, 0.05) is 11.8 Å². The van der Waals surface area contributed by atoms with Crippen LogP contribution in [0.25, 0.3) is 16.9 Å². The molecule has 2 aromatic carbocycles. The highest BCUT2D eigenvalue weighted by Crippen LogP contribution is 2.21. The fourth-order valence-corrected chi connectivity index (χ4v) is 2.65. The van der Waals surface area contributed by atoms with Crippen molar-refractivity contribution in [2.45, 2.75) is 6.61 Å². The number of hydrogen-bond donors (Lipinski definition) is 1. The number of H-pyrrole nitrogens is 1. The maximum absolute atomic E-state index is 12.4. The van der Waals surface area contributed by atoms with Crippen LogP contribution in [0.15, 0.2) is 79.1 Å². The van der Waals surface area contributed by atoms with Gasteiger partial charge in [0.15, 0.2) is 0 Å². The number of esters is 1. The highest BCUT2D eigenvalue weighted by atomic mass is 16.5. The fraction of sp³-hybridized carbons (Fsp3) is 0.0500. The first kappa shape index (κ1) is 15.8. The zero-order valence-corrected chi connectivity index (χ0v) is 13.9. The van der Waals surface area contributed by atoms with Gasteiger partial charge in [-0.25, -0.2) is 9.48 Å². The third kappa shape index (κ3) is 3.25. The molecule has 0 atom stereocenters. The van der Waals surface area contributed by atoms with Crippen LogP contribution in [0.5, 0.6) is 0 Å². The van der Waals surface area contributed by atoms with Crippen molar-refractivity contribution < 1.29 is 9.53 Å². The minimum Gasteiger partial charge on any atom is -0.455 e. The summed E-state index contributed by atoms with van der Waals surface area (Å²) in [5.74, 6) is -0.438. The van der Waals surface area contributed by atoms with Gasteiger partial charge in [-0.3, -0.25) is 5.10 Å². The third-order valence-electron chi connectivity index (χ3n) is 3.94. The highest BCUT2D eigenvalue weighted by Gasteiger charge is 2.17. The Morgan fingerprint density at radius 1 is 1.00 bits per heavy atom. The molecule has 6 heteroatoms. The second-order valence-corrected chi connectivity index (χ2v) is 5.69. The van der Waals surface area contributed by atoms with Crippen LogP contribution in [0.2, 0.25) is 0 Å². The maximum Gasteiger partial charge on any atom is 0.342 e. The topological polar surface area (TPSA) is 72.8 Å². The van der Waals surface area contributed by atoms with Crippen molar-refractivity contribution in [3.8, 4) is 16.9 Å². The predicted molar refractivity (Wildman–Crippen MR) is 96.7 cm³/mol. The van der Waals surface area contributed by atoms with Crippen molar-refractivity contribution in [2.24, 2.45) is 0 Å². The van der Waals surface area contributed by atoms with Gasteiger partial charge in [-0.1, -0.05) is 48.5 Å². The van der Waals surface area contributed by atoms with E-state index in [1.165, 1.54) is 6.20 Å². The zero-order valence-electron chi connectivity index (χ0n) is 13.9. The fourth-order valence-electron chi connectivity index (χ4n) is 2.65. The van der Waals surface area contributed by atoms with Gasteiger partial charge in [0.05, 0.1) is 17.6 Å². The Morgan fingerprint density at radius 3 is 2.50 bits per heavy atom. The summed E-state index contributed by atoms with van der Waals surface area (Å²) in [5.41, 5.74) is 3.55. The van der Waals surface area contributed by atoms with Gasteiger partial charge in [-0.05, 0) is 18.2 Å². The summed E-state index contributed by atoms with van der Waals surface area (Å²) < 4.78 is 7.16. The molecule has 26 heavy (non-hydrogen) atoms. The van der Waals surface area contributed by atoms with Crippen molar-refractivity contribution >= 4 is 5.97 Å². The minimum absolute atomic E-state index is 0.0953. The van der Waals surface area contributed by atoms with Gasteiger partial charge in [0.2, 0.25) is 0 Å². The summed E-state index contributed by atoms with van der Waals surface area (Å²) in [6.07, 6.45) is 3.32. The molecule has 2 heterocycles. The van der Waals surface area contributed by atoms with Crippen molar-refractivity contribution in [3.63, 3.8) is 0 Å². The molecule has 0 fully saturated rings. The summed E-state index contributed by atoms with van der Waals surface area (Å²) in [4.78, 5) is 12.4. The van der Waals surface area contributed by atoms with Crippen LogP contribution in [0.1, 0.15) is 16.1 Å². The number of ether oxygens (including phenoxy) is 1. The Kier molecular flexibility index (Phi) is 4.30. The van der Waals surface area contributed by atoms with Crippen LogP contribution in [0.3, 0.4) is 0 Å². The number of aromatic amines is 1. The molecule has 0 amide bonds. The van der Waals surface area contributed by atoms with E-state index in [0.29, 0.717) is 17.0 Å². The number of rotatable bonds is 5. The lowest BCUT2D eigenvalue weighted by atomic mass is 10.1. The number of para-hydroxylation sites is 1. The number of nitrogens with zero attached hydrogens (tertiary/aromatic N) is 3. The Hall–Kier alpha value is -3.67. The summed E-state index contributed by atoms with van der Waals surface area (Å²) in [7, 11) is 0. The molecule has 4 rings (SSSR count). The van der Waals surface area contributed by atoms with E-state index in [1.54, 1.807) is 4.68 Å². The summed E-state index contributed by atoms with van der Waals surface area (Å²) in [6, 6.07) is 21.1. The van der Waals surface area contributed by atoms with E-state index in [4.69, 9.17) is 4.74 Å². The summed E-state index contributed by atoms with van der Waals surface area (Å²) in [6.45, 7) is 0.0953. The molecule has 0 bridgehead atoms. The smallest absolute Gasteiger partial charge is 0.342 e. The summed E-state index contributed by atoms with van der Waals surface area (Å²) in [5, 5.41) is 11.3. The normalized spacial score (nSPS) is 10.6. The standard InChI is InChI=1S/C20H16N4O2/c25-20(18-13-21-22-19(18)15-7-3-1-4-8-15)26-14-16-11-12-24(23-16)17-9-5-2-6-10-17/h1-13H,14H2,(H,21,22). The molecule has 0 aliphatic rings. The van der Waals surface area contributed by atoms with Crippen LogP contribution in [0, 0.1) is 0 Å². The van der Waals surface area contributed by atoms with Crippen LogP contribution in [-0.4, -0.2) is 25.9 Å². The van der Waals surface area contributed by atoms with Crippen molar-refractivity contribution in [1.82, 2.24) is 20.0 Å². The van der Waals surface area contributed by atoms with Crippen LogP contribution in [0.4, 0.5) is 0 Å². The van der Waals surface area contributed by atoms with Gasteiger partial charge in [-0.2, -0.15) is 10.2 Å². The molecule has 0 aliphatic heterocycles. The molecule has 0 unspecified atom stereocenters. The van der Waals surface area contributed by atoms with Crippen molar-refractivity contribution in [3.05, 3.63) is 90.4 Å². The first-order chi connectivity index (χ1) is 12.8. The number of benzene rings is 2. The first-order valence-electron chi connectivity index (χ1n) is 8.17. The lowest BCUT2D eigenvalue weighted by Gasteiger charge is -2.04. The van der Waals surface area contributed by atoms with Crippen LogP contribution >= 0.6 is 0 Å². The summed E-state index contributed by atoms with van der Waals surface area (Å²) >= 11 is 0. The Morgan fingerprint density at radius 2 is 1.73 bits per heavy atom. The number of carbonyl (C=O) groups is 1. The lowest BCUT2D eigenvalue weighted by Crippen LogP contribution is -2.06. The van der Waals surface area contributed by atoms with Gasteiger partial charge < -0.3 is 4.74 Å². The molecule has 0 aliphatic carbocycles. The second-order valence-electron chi connectivity index (χ2n) is 5.69. The second kappa shape index (κ2) is 7.06. The largest absolute Gasteiger partial charge is 0.455 e. The maximum atomic E-state index is 12.4. The highest BCUT2D eigenvalue weighted by molar-refractivity contribution is 5.95. The Balaban J connectivity index is 1.46. The van der Waals surface area contributed by atoms with Gasteiger partial charge in [0.25, 0.3) is 0 Å². The van der Waals surface area contributed by atoms with Gasteiger partial charge >= 0.3 is 5.97 Å². The monoisotopic (exact) mass is 344 g/mol. The van der Waals surface area contributed by atoms with E-state index in [-0.39, 0.29) is 6.61 Å². The third-order valence-corrected chi connectivity index (χ3v) is 3.94. The van der Waals surface area contributed by atoms with Crippen molar-refractivity contribution in [1.29, 1.82) is 0 Å². The molecule has 0 saturated heterocycles. The molecule has 0 saturated carbocycles. The zero-order chi connectivity index (χ0) is 17.8. The molecular weight excluding hydrogens is 328 g/mol. The molecule has 128 valence electrons.